The molecular formula is C22H25N3O2. The molecule has 2 aliphatic heterocycles. The van der Waals surface area contributed by atoms with Crippen molar-refractivity contribution < 1.29 is 4.74 Å². The molecule has 2 saturated heterocycles. The number of pyridine rings is 1. The van der Waals surface area contributed by atoms with Crippen molar-refractivity contribution in [1.82, 2.24) is 14.9 Å². The summed E-state index contributed by atoms with van der Waals surface area (Å²) in [6.07, 6.45) is 8.28. The van der Waals surface area contributed by atoms with Gasteiger partial charge in [-0.25, -0.2) is 0 Å². The monoisotopic (exact) mass is 363 g/mol. The van der Waals surface area contributed by atoms with Crippen LogP contribution in [-0.4, -0.2) is 34.3 Å². The Balaban J connectivity index is 1.45. The van der Waals surface area contributed by atoms with Crippen molar-refractivity contribution in [3.8, 4) is 11.1 Å². The van der Waals surface area contributed by atoms with Gasteiger partial charge in [0.15, 0.2) is 0 Å². The summed E-state index contributed by atoms with van der Waals surface area (Å²) in [5.41, 5.74) is 4.43. The summed E-state index contributed by atoms with van der Waals surface area (Å²) in [6.45, 7) is 1.87. The lowest BCUT2D eigenvalue weighted by molar-refractivity contribution is -0.159. The maximum atomic E-state index is 12.4. The first kappa shape index (κ1) is 16.8. The summed E-state index contributed by atoms with van der Waals surface area (Å²) >= 11 is 0. The van der Waals surface area contributed by atoms with Gasteiger partial charge in [-0.3, -0.25) is 4.79 Å². The molecule has 3 aromatic rings. The molecule has 140 valence electrons. The fourth-order valence-electron chi connectivity index (χ4n) is 4.52. The van der Waals surface area contributed by atoms with Crippen LogP contribution in [0.4, 0.5) is 0 Å². The van der Waals surface area contributed by atoms with Crippen LogP contribution in [0.2, 0.25) is 0 Å². The van der Waals surface area contributed by atoms with Gasteiger partial charge in [0, 0.05) is 49.4 Å². The van der Waals surface area contributed by atoms with Gasteiger partial charge in [-0.15, -0.1) is 0 Å². The van der Waals surface area contributed by atoms with E-state index in [9.17, 15) is 4.79 Å². The van der Waals surface area contributed by atoms with Crippen molar-refractivity contribution >= 4 is 10.9 Å². The lowest BCUT2D eigenvalue weighted by Crippen LogP contribution is -2.57. The largest absolute Gasteiger partial charge is 0.373 e. The minimum atomic E-state index is 0.0102. The number of fused-ring (bicyclic) bond motifs is 1. The molecule has 27 heavy (non-hydrogen) atoms. The van der Waals surface area contributed by atoms with Crippen LogP contribution in [0.1, 0.15) is 24.8 Å². The number of aryl methyl sites for hydroxylation is 1. The summed E-state index contributed by atoms with van der Waals surface area (Å²) in [7, 11) is 1.78. The number of nitrogens with zero attached hydrogens (tertiary/aromatic N) is 1. The lowest BCUT2D eigenvalue weighted by atomic mass is 9.82. The van der Waals surface area contributed by atoms with Crippen molar-refractivity contribution in [2.75, 3.05) is 13.2 Å². The Morgan fingerprint density at radius 3 is 2.81 bits per heavy atom. The Hall–Kier alpha value is -2.37. The van der Waals surface area contributed by atoms with Gasteiger partial charge < -0.3 is 19.6 Å². The maximum Gasteiger partial charge on any atom is 0.274 e. The van der Waals surface area contributed by atoms with E-state index in [0.29, 0.717) is 11.6 Å². The van der Waals surface area contributed by atoms with Crippen LogP contribution >= 0.6 is 0 Å². The van der Waals surface area contributed by atoms with E-state index in [2.05, 4.69) is 34.6 Å². The van der Waals surface area contributed by atoms with Crippen LogP contribution in [0.25, 0.3) is 22.0 Å². The smallest absolute Gasteiger partial charge is 0.274 e. The highest BCUT2D eigenvalue weighted by Gasteiger charge is 2.41. The fraction of sp³-hybridized carbons (Fsp3) is 0.409. The van der Waals surface area contributed by atoms with Gasteiger partial charge in [0.05, 0.1) is 12.2 Å². The normalized spacial score (nSPS) is 25.0. The molecule has 2 unspecified atom stereocenters. The van der Waals surface area contributed by atoms with E-state index in [0.717, 1.165) is 43.4 Å². The first-order valence-electron chi connectivity index (χ1n) is 9.78. The molecular weight excluding hydrogens is 338 g/mol. The molecule has 0 radical (unpaired) electrons. The lowest BCUT2D eigenvalue weighted by Gasteiger charge is -2.47. The number of H-pyrrole nitrogens is 1. The van der Waals surface area contributed by atoms with Crippen LogP contribution in [0.3, 0.4) is 0 Å². The summed E-state index contributed by atoms with van der Waals surface area (Å²) in [5, 5.41) is 4.69. The molecule has 2 aliphatic rings. The predicted octanol–water partition coefficient (Wildman–Crippen LogP) is 2.99. The van der Waals surface area contributed by atoms with E-state index >= 15 is 0 Å². The third-order valence-electron chi connectivity index (χ3n) is 6.32. The van der Waals surface area contributed by atoms with Gasteiger partial charge in [0.1, 0.15) is 5.52 Å². The third-order valence-corrected chi connectivity index (χ3v) is 6.32. The van der Waals surface area contributed by atoms with Gasteiger partial charge in [0.2, 0.25) is 0 Å². The van der Waals surface area contributed by atoms with E-state index in [4.69, 9.17) is 4.74 Å². The number of benzene rings is 1. The number of nitrogens with one attached hydrogen (secondary N) is 2. The molecule has 2 N–H and O–H groups in total. The summed E-state index contributed by atoms with van der Waals surface area (Å²) < 4.78 is 7.42. The number of rotatable bonds is 3. The third kappa shape index (κ3) is 2.82. The first-order chi connectivity index (χ1) is 13.2. The van der Waals surface area contributed by atoms with Crippen molar-refractivity contribution in [3.05, 3.63) is 58.6 Å². The van der Waals surface area contributed by atoms with Crippen molar-refractivity contribution in [2.45, 2.75) is 37.3 Å². The number of hydrogen-bond acceptors (Lipinski definition) is 3. The molecule has 1 spiro atoms. The van der Waals surface area contributed by atoms with Crippen LogP contribution in [-0.2, 0) is 18.2 Å². The fourth-order valence-corrected chi connectivity index (χ4v) is 4.52. The second-order valence-electron chi connectivity index (χ2n) is 7.98. The Labute approximate surface area is 158 Å². The minimum absolute atomic E-state index is 0.0102. The van der Waals surface area contributed by atoms with Crippen LogP contribution in [0.5, 0.6) is 0 Å². The highest BCUT2D eigenvalue weighted by Crippen LogP contribution is 2.36. The van der Waals surface area contributed by atoms with Gasteiger partial charge in [-0.1, -0.05) is 24.3 Å². The van der Waals surface area contributed by atoms with Gasteiger partial charge in [-0.2, -0.15) is 0 Å². The molecule has 2 aromatic heterocycles. The van der Waals surface area contributed by atoms with Crippen LogP contribution < -0.4 is 10.9 Å². The molecule has 5 rings (SSSR count). The number of hydrogen-bond donors (Lipinski definition) is 2. The molecule has 5 heteroatoms. The molecule has 0 bridgehead atoms. The average Bonchev–Trinajstić information content (AvgIpc) is 3.09. The zero-order valence-electron chi connectivity index (χ0n) is 15.6. The summed E-state index contributed by atoms with van der Waals surface area (Å²) in [4.78, 5) is 15.6. The van der Waals surface area contributed by atoms with Crippen molar-refractivity contribution in [3.63, 3.8) is 0 Å². The van der Waals surface area contributed by atoms with Crippen molar-refractivity contribution in [2.24, 2.45) is 7.05 Å². The van der Waals surface area contributed by atoms with E-state index in [-0.39, 0.29) is 11.2 Å². The zero-order valence-corrected chi connectivity index (χ0v) is 15.6. The minimum Gasteiger partial charge on any atom is -0.373 e. The molecule has 2 atom stereocenters. The maximum absolute atomic E-state index is 12.4. The second kappa shape index (κ2) is 6.36. The quantitative estimate of drug-likeness (QED) is 0.752. The molecule has 0 saturated carbocycles. The van der Waals surface area contributed by atoms with E-state index in [1.165, 1.54) is 17.5 Å². The molecule has 1 aromatic carbocycles. The topological polar surface area (TPSA) is 59.0 Å². The highest BCUT2D eigenvalue weighted by molar-refractivity contribution is 5.95. The van der Waals surface area contributed by atoms with E-state index in [1.807, 2.05) is 18.5 Å². The molecule has 5 nitrogen and oxygen atoms in total. The van der Waals surface area contributed by atoms with Gasteiger partial charge >= 0.3 is 0 Å². The molecule has 2 fully saturated rings. The van der Waals surface area contributed by atoms with E-state index in [1.54, 1.807) is 11.6 Å². The van der Waals surface area contributed by atoms with Gasteiger partial charge in [-0.05, 0) is 36.5 Å². The summed E-state index contributed by atoms with van der Waals surface area (Å²) in [5.74, 6) is 0. The Morgan fingerprint density at radius 2 is 2.07 bits per heavy atom. The Bertz CT molecular complexity index is 1040. The first-order valence-corrected chi connectivity index (χ1v) is 9.78. The average molecular weight is 363 g/mol. The number of aromatic amines is 1. The number of ether oxygens (including phenoxy) is 1. The number of piperidine rings is 1. The van der Waals surface area contributed by atoms with Crippen LogP contribution in [0.15, 0.2) is 47.5 Å². The Kier molecular flexibility index (Phi) is 3.95. The van der Waals surface area contributed by atoms with Crippen molar-refractivity contribution in [1.29, 1.82) is 0 Å². The predicted molar refractivity (Wildman–Crippen MR) is 107 cm³/mol. The Morgan fingerprint density at radius 1 is 1.22 bits per heavy atom. The molecule has 0 amide bonds. The molecule has 4 heterocycles. The zero-order chi connectivity index (χ0) is 18.4. The number of aromatic nitrogens is 2. The standard InChI is InChI=1S/C22H25N3O2/c1-25-10-7-18-19(13-23-20(18)21(25)26)17-5-3-2-4-15(17)12-16-6-8-22(14-24-16)9-11-27-22/h2-5,7,10,13,16,23-24H,6,8-9,11-12,14H2,1H3. The van der Waals surface area contributed by atoms with Crippen LogP contribution in [0, 0.1) is 0 Å². The van der Waals surface area contributed by atoms with E-state index < -0.39 is 0 Å². The SMILES string of the molecule is Cn1ccc2c(-c3ccccc3CC3CCC4(CCO4)CN3)c[nH]c2c1=O. The summed E-state index contributed by atoms with van der Waals surface area (Å²) in [6, 6.07) is 11.0. The van der Waals surface area contributed by atoms with Gasteiger partial charge in [0.25, 0.3) is 5.56 Å². The molecule has 0 aliphatic carbocycles. The highest BCUT2D eigenvalue weighted by atomic mass is 16.5. The second-order valence-corrected chi connectivity index (χ2v) is 7.98.